The van der Waals surface area contributed by atoms with Crippen LogP contribution in [0.1, 0.15) is 30.0 Å². The van der Waals surface area contributed by atoms with Crippen LogP contribution in [0, 0.1) is 19.7 Å². The Morgan fingerprint density at radius 3 is 1.67 bits per heavy atom. The molecule has 5 rings (SSSR count). The van der Waals surface area contributed by atoms with Crippen LogP contribution in [0.15, 0.2) is 61.1 Å². The molecule has 22 heteroatoms. The zero-order valence-electron chi connectivity index (χ0n) is 27.7. The summed E-state index contributed by atoms with van der Waals surface area (Å²) in [5.74, 6) is -7.84. The minimum atomic E-state index is -5.08. The molecular weight excluding hydrogens is 756 g/mol. The Balaban J connectivity index is 0.000000393. The molecule has 1 aliphatic heterocycles. The molecule has 1 saturated heterocycles. The van der Waals surface area contributed by atoms with Crippen molar-refractivity contribution in [2.75, 3.05) is 13.1 Å². The summed E-state index contributed by atoms with van der Waals surface area (Å²) in [7, 11) is 0. The number of ether oxygens (including phenoxy) is 1. The van der Waals surface area contributed by atoms with Gasteiger partial charge in [0.2, 0.25) is 0 Å². The summed E-state index contributed by atoms with van der Waals surface area (Å²) >= 11 is 0. The first-order valence-electron chi connectivity index (χ1n) is 14.9. The van der Waals surface area contributed by atoms with Crippen molar-refractivity contribution < 1.29 is 78.3 Å². The Hall–Kier alpha value is -5.80. The minimum Gasteiger partial charge on any atom is -0.475 e. The number of aromatic nitrogens is 4. The average molecular weight is 786 g/mol. The van der Waals surface area contributed by atoms with E-state index in [1.807, 2.05) is 38.4 Å². The molecule has 54 heavy (non-hydrogen) atoms. The molecule has 4 aromatic rings. The number of nitrogens with zero attached hydrogens (tertiary/aromatic N) is 4. The average Bonchev–Trinajstić information content (AvgIpc) is 3.50. The Morgan fingerprint density at radius 1 is 0.759 bits per heavy atom. The van der Waals surface area contributed by atoms with Crippen molar-refractivity contribution >= 4 is 17.9 Å². The summed E-state index contributed by atoms with van der Waals surface area (Å²) in [6.07, 6.45) is -9.67. The van der Waals surface area contributed by atoms with Gasteiger partial charge in [-0.15, -0.1) is 0 Å². The van der Waals surface area contributed by atoms with Gasteiger partial charge in [-0.2, -0.15) is 44.5 Å². The first kappa shape index (κ1) is 44.4. The van der Waals surface area contributed by atoms with E-state index in [-0.39, 0.29) is 11.8 Å². The van der Waals surface area contributed by atoms with Crippen LogP contribution in [0.2, 0.25) is 0 Å². The molecule has 0 unspecified atom stereocenters. The van der Waals surface area contributed by atoms with Gasteiger partial charge in [-0.05, 0) is 93.4 Å². The third kappa shape index (κ3) is 14.3. The van der Waals surface area contributed by atoms with Crippen LogP contribution in [0.25, 0.3) is 22.6 Å². The molecule has 0 amide bonds. The van der Waals surface area contributed by atoms with E-state index in [0.717, 1.165) is 59.7 Å². The van der Waals surface area contributed by atoms with Crippen LogP contribution >= 0.6 is 0 Å². The molecule has 0 aliphatic carbocycles. The quantitative estimate of drug-likeness (QED) is 0.149. The number of imidazole rings is 1. The van der Waals surface area contributed by atoms with Crippen molar-refractivity contribution in [2.45, 2.75) is 51.3 Å². The fourth-order valence-electron chi connectivity index (χ4n) is 4.41. The largest absolute Gasteiger partial charge is 0.490 e. The van der Waals surface area contributed by atoms with E-state index in [9.17, 15) is 43.9 Å². The maximum absolute atomic E-state index is 13.6. The molecule has 1 fully saturated rings. The lowest BCUT2D eigenvalue weighted by molar-refractivity contribution is -0.193. The number of aliphatic carboxylic acids is 3. The van der Waals surface area contributed by atoms with Crippen LogP contribution in [0.5, 0.6) is 11.8 Å². The van der Waals surface area contributed by atoms with Gasteiger partial charge in [0.25, 0.3) is 0 Å². The summed E-state index contributed by atoms with van der Waals surface area (Å²) in [4.78, 5) is 40.5. The Morgan fingerprint density at radius 2 is 1.22 bits per heavy atom. The van der Waals surface area contributed by atoms with Crippen molar-refractivity contribution in [3.63, 3.8) is 0 Å². The number of benzene rings is 2. The molecule has 0 saturated carbocycles. The first-order chi connectivity index (χ1) is 24.9. The number of carbonyl (C=O) groups is 3. The lowest BCUT2D eigenvalue weighted by Gasteiger charge is -2.25. The second-order valence-corrected chi connectivity index (χ2v) is 10.9. The molecule has 294 valence electrons. The maximum atomic E-state index is 13.6. The molecule has 2 aromatic carbocycles. The normalized spacial score (nSPS) is 13.2. The van der Waals surface area contributed by atoms with Gasteiger partial charge in [0.1, 0.15) is 11.6 Å². The van der Waals surface area contributed by atoms with Crippen LogP contribution in [0.3, 0.4) is 0 Å². The fourth-order valence-corrected chi connectivity index (χ4v) is 4.41. The second kappa shape index (κ2) is 18.8. The smallest absolute Gasteiger partial charge is 0.475 e. The number of carboxylic acids is 3. The van der Waals surface area contributed by atoms with E-state index >= 15 is 0 Å². The van der Waals surface area contributed by atoms with Crippen molar-refractivity contribution in [1.82, 2.24) is 24.8 Å². The van der Waals surface area contributed by atoms with Crippen molar-refractivity contribution in [1.29, 1.82) is 0 Å². The SMILES string of the molecule is Cc1cc(C)cc(Oc2nccc(-c3c(-c4ccc(F)cc4)ncn3C3CCNCC3)n2)c1.O=C(O)C(F)(F)F.O=C(O)C(F)(F)F.O=C(O)C(F)(F)F. The Bertz CT molecular complexity index is 1800. The standard InChI is InChI=1S/C26H26FN5O.3C2HF3O2/c1-17-13-18(2)15-22(14-17)33-26-29-12-9-23(31-26)25-24(19-3-5-20(27)6-4-19)30-16-32(25)21-7-10-28-11-8-21;3*3-2(4,5)1(6)7/h3-6,9,12-16,21,28H,7-8,10-11H2,1-2H3;3*(H,6,7). The van der Waals surface area contributed by atoms with Crippen molar-refractivity contribution in [2.24, 2.45) is 0 Å². The molecule has 0 atom stereocenters. The third-order valence-corrected chi connectivity index (χ3v) is 6.62. The predicted molar refractivity (Wildman–Crippen MR) is 167 cm³/mol. The van der Waals surface area contributed by atoms with Gasteiger partial charge in [-0.25, -0.2) is 28.7 Å². The van der Waals surface area contributed by atoms with Crippen LogP contribution < -0.4 is 10.1 Å². The Labute approximate surface area is 298 Å². The van der Waals surface area contributed by atoms with E-state index < -0.39 is 36.4 Å². The number of carboxylic acid groups (broad SMARTS) is 3. The van der Waals surface area contributed by atoms with E-state index in [1.165, 1.54) is 12.1 Å². The van der Waals surface area contributed by atoms with Gasteiger partial charge >= 0.3 is 42.4 Å². The lowest BCUT2D eigenvalue weighted by Crippen LogP contribution is -2.29. The third-order valence-electron chi connectivity index (χ3n) is 6.62. The Kier molecular flexibility index (Phi) is 15.4. The highest BCUT2D eigenvalue weighted by Gasteiger charge is 2.39. The topological polar surface area (TPSA) is 177 Å². The zero-order valence-corrected chi connectivity index (χ0v) is 27.7. The summed E-state index contributed by atoms with van der Waals surface area (Å²) < 4.78 is 117. The molecule has 3 heterocycles. The number of rotatable bonds is 5. The van der Waals surface area contributed by atoms with E-state index in [2.05, 4.69) is 20.9 Å². The van der Waals surface area contributed by atoms with Gasteiger partial charge in [-0.3, -0.25) is 0 Å². The fraction of sp³-hybridized carbons (Fsp3) is 0.312. The highest BCUT2D eigenvalue weighted by atomic mass is 19.4. The first-order valence-corrected chi connectivity index (χ1v) is 14.9. The zero-order chi connectivity index (χ0) is 41.0. The number of hydrogen-bond acceptors (Lipinski definition) is 8. The molecule has 12 nitrogen and oxygen atoms in total. The van der Waals surface area contributed by atoms with E-state index in [4.69, 9.17) is 44.4 Å². The summed E-state index contributed by atoms with van der Waals surface area (Å²) in [6, 6.07) is 14.9. The predicted octanol–water partition coefficient (Wildman–Crippen LogP) is 7.38. The van der Waals surface area contributed by atoms with Crippen LogP contribution in [-0.2, 0) is 14.4 Å². The summed E-state index contributed by atoms with van der Waals surface area (Å²) in [6.45, 7) is 5.98. The number of piperidine rings is 1. The number of alkyl halides is 9. The van der Waals surface area contributed by atoms with E-state index in [0.29, 0.717) is 11.8 Å². The minimum absolute atomic E-state index is 0.274. The summed E-state index contributed by atoms with van der Waals surface area (Å²) in [5.41, 5.74) is 5.45. The summed E-state index contributed by atoms with van der Waals surface area (Å²) in [5, 5.41) is 24.8. The maximum Gasteiger partial charge on any atom is 0.490 e. The highest BCUT2D eigenvalue weighted by molar-refractivity contribution is 5.77. The second-order valence-electron chi connectivity index (χ2n) is 10.9. The van der Waals surface area contributed by atoms with Gasteiger partial charge < -0.3 is 29.9 Å². The molecule has 1 aliphatic rings. The van der Waals surface area contributed by atoms with Gasteiger partial charge in [0.15, 0.2) is 0 Å². The van der Waals surface area contributed by atoms with Gasteiger partial charge in [0, 0.05) is 17.8 Å². The van der Waals surface area contributed by atoms with Crippen LogP contribution in [0.4, 0.5) is 43.9 Å². The molecule has 0 spiro atoms. The molecule has 2 aromatic heterocycles. The number of aryl methyl sites for hydroxylation is 2. The highest BCUT2D eigenvalue weighted by Crippen LogP contribution is 2.35. The molecular formula is C32H29F10N5O7. The lowest BCUT2D eigenvalue weighted by atomic mass is 10.0. The molecule has 4 N–H and O–H groups in total. The van der Waals surface area contributed by atoms with Crippen LogP contribution in [-0.4, -0.2) is 84.4 Å². The van der Waals surface area contributed by atoms with Crippen molar-refractivity contribution in [3.8, 4) is 34.4 Å². The molecule has 0 radical (unpaired) electrons. The number of nitrogens with one attached hydrogen (secondary N) is 1. The van der Waals surface area contributed by atoms with E-state index in [1.54, 1.807) is 18.3 Å². The molecule has 0 bridgehead atoms. The monoisotopic (exact) mass is 785 g/mol. The van der Waals surface area contributed by atoms with Gasteiger partial charge in [-0.1, -0.05) is 6.07 Å². The number of hydrogen-bond donors (Lipinski definition) is 4. The number of halogens is 10. The van der Waals surface area contributed by atoms with Crippen molar-refractivity contribution in [3.05, 3.63) is 78.0 Å². The van der Waals surface area contributed by atoms with Gasteiger partial charge in [0.05, 0.1) is 23.4 Å².